The van der Waals surface area contributed by atoms with Gasteiger partial charge in [-0.15, -0.1) is 0 Å². The van der Waals surface area contributed by atoms with Crippen LogP contribution >= 0.6 is 23.2 Å². The highest BCUT2D eigenvalue weighted by atomic mass is 35.5. The number of carbonyl (C=O) groups is 1. The molecule has 32 heavy (non-hydrogen) atoms. The fourth-order valence-corrected chi connectivity index (χ4v) is 4.74. The molecule has 1 amide bonds. The molecular formula is C23H22Cl2N2O4S. The van der Waals surface area contributed by atoms with Crippen LogP contribution in [0.25, 0.3) is 0 Å². The monoisotopic (exact) mass is 492 g/mol. The van der Waals surface area contributed by atoms with Crippen LogP contribution in [0.1, 0.15) is 12.5 Å². The lowest BCUT2D eigenvalue weighted by atomic mass is 10.2. The molecule has 0 spiro atoms. The zero-order valence-corrected chi connectivity index (χ0v) is 19.6. The molecule has 0 bridgehead atoms. The lowest BCUT2D eigenvalue weighted by Crippen LogP contribution is -2.37. The highest BCUT2D eigenvalue weighted by Crippen LogP contribution is 2.25. The number of hydrogen-bond donors (Lipinski definition) is 1. The average molecular weight is 493 g/mol. The molecule has 0 aliphatic rings. The van der Waals surface area contributed by atoms with E-state index >= 15 is 0 Å². The summed E-state index contributed by atoms with van der Waals surface area (Å²) in [7, 11) is -4.00. The number of rotatable bonds is 9. The Balaban J connectivity index is 1.88. The fraction of sp³-hybridized carbons (Fsp3) is 0.174. The molecule has 0 unspecified atom stereocenters. The van der Waals surface area contributed by atoms with E-state index in [2.05, 4.69) is 5.32 Å². The van der Waals surface area contributed by atoms with Crippen LogP contribution in [0.3, 0.4) is 0 Å². The Bertz CT molecular complexity index is 1180. The molecule has 0 aliphatic heterocycles. The third-order valence-electron chi connectivity index (χ3n) is 4.48. The van der Waals surface area contributed by atoms with Crippen molar-refractivity contribution < 1.29 is 17.9 Å². The number of amides is 1. The molecule has 0 fully saturated rings. The van der Waals surface area contributed by atoms with Crippen LogP contribution in [0.15, 0.2) is 77.7 Å². The Morgan fingerprint density at radius 2 is 1.69 bits per heavy atom. The number of nitrogens with zero attached hydrogens (tertiary/aromatic N) is 1. The standard InChI is InChI=1S/C23H22Cl2N2O4S/c1-2-31-22-9-4-3-8-21(22)26-23(28)16-27(15-17-6-5-7-19(25)14-17)32(29,30)20-12-10-18(24)11-13-20/h3-14H,2,15-16H2,1H3,(H,26,28). The number of sulfonamides is 1. The van der Waals surface area contributed by atoms with Crippen molar-refractivity contribution in [1.82, 2.24) is 4.31 Å². The van der Waals surface area contributed by atoms with Gasteiger partial charge in [0.15, 0.2) is 0 Å². The maximum Gasteiger partial charge on any atom is 0.243 e. The first-order valence-corrected chi connectivity index (χ1v) is 12.0. The van der Waals surface area contributed by atoms with Crippen LogP contribution in [0.5, 0.6) is 5.75 Å². The molecule has 6 nitrogen and oxygen atoms in total. The second-order valence-electron chi connectivity index (χ2n) is 6.83. The number of benzene rings is 3. The highest BCUT2D eigenvalue weighted by Gasteiger charge is 2.27. The van der Waals surface area contributed by atoms with Gasteiger partial charge in [-0.1, -0.05) is 47.5 Å². The van der Waals surface area contributed by atoms with Crippen molar-refractivity contribution in [2.24, 2.45) is 0 Å². The molecule has 0 atom stereocenters. The summed E-state index contributed by atoms with van der Waals surface area (Å²) in [4.78, 5) is 12.9. The molecular weight excluding hydrogens is 471 g/mol. The number of ether oxygens (including phenoxy) is 1. The SMILES string of the molecule is CCOc1ccccc1NC(=O)CN(Cc1cccc(Cl)c1)S(=O)(=O)c1ccc(Cl)cc1. The van der Waals surface area contributed by atoms with E-state index in [-0.39, 0.29) is 11.4 Å². The molecule has 1 N–H and O–H groups in total. The Kier molecular flexibility index (Phi) is 8.15. The molecule has 0 saturated heterocycles. The fourth-order valence-electron chi connectivity index (χ4n) is 3.02. The zero-order valence-electron chi connectivity index (χ0n) is 17.3. The first kappa shape index (κ1) is 24.1. The first-order valence-electron chi connectivity index (χ1n) is 9.81. The van der Waals surface area contributed by atoms with Crippen molar-refractivity contribution in [2.45, 2.75) is 18.4 Å². The summed E-state index contributed by atoms with van der Waals surface area (Å²) < 4.78 is 33.3. The topological polar surface area (TPSA) is 75.7 Å². The van der Waals surface area contributed by atoms with E-state index in [4.69, 9.17) is 27.9 Å². The minimum Gasteiger partial charge on any atom is -0.492 e. The van der Waals surface area contributed by atoms with Crippen LogP contribution in [0.2, 0.25) is 10.0 Å². The minimum atomic E-state index is -4.00. The lowest BCUT2D eigenvalue weighted by Gasteiger charge is -2.22. The van der Waals surface area contributed by atoms with Crippen LogP contribution < -0.4 is 10.1 Å². The molecule has 3 aromatic rings. The van der Waals surface area contributed by atoms with E-state index in [1.807, 2.05) is 6.92 Å². The minimum absolute atomic E-state index is 0.0337. The van der Waals surface area contributed by atoms with E-state index in [0.29, 0.717) is 33.7 Å². The van der Waals surface area contributed by atoms with E-state index < -0.39 is 22.5 Å². The number of carbonyl (C=O) groups excluding carboxylic acids is 1. The number of anilines is 1. The van der Waals surface area contributed by atoms with Crippen LogP contribution in [-0.2, 0) is 21.4 Å². The van der Waals surface area contributed by atoms with E-state index in [0.717, 1.165) is 4.31 Å². The number of halogens is 2. The maximum atomic E-state index is 13.3. The third-order valence-corrected chi connectivity index (χ3v) is 6.77. The Morgan fingerprint density at radius 1 is 0.969 bits per heavy atom. The van der Waals surface area contributed by atoms with Crippen molar-refractivity contribution in [3.8, 4) is 5.75 Å². The summed E-state index contributed by atoms with van der Waals surface area (Å²) in [5.41, 5.74) is 1.11. The highest BCUT2D eigenvalue weighted by molar-refractivity contribution is 7.89. The number of nitrogens with one attached hydrogen (secondary N) is 1. The summed E-state index contributed by atoms with van der Waals surface area (Å²) in [6.45, 7) is 1.83. The first-order chi connectivity index (χ1) is 15.3. The molecule has 168 valence electrons. The summed E-state index contributed by atoms with van der Waals surface area (Å²) in [6, 6.07) is 19.6. The van der Waals surface area contributed by atoms with Gasteiger partial charge in [0, 0.05) is 16.6 Å². The second-order valence-corrected chi connectivity index (χ2v) is 9.65. The van der Waals surface area contributed by atoms with Gasteiger partial charge in [-0.3, -0.25) is 4.79 Å². The Hall–Kier alpha value is -2.58. The molecule has 0 heterocycles. The van der Waals surface area contributed by atoms with Crippen LogP contribution in [-0.4, -0.2) is 31.8 Å². The third kappa shape index (κ3) is 6.23. The maximum absolute atomic E-state index is 13.3. The molecule has 9 heteroatoms. The van der Waals surface area contributed by atoms with Gasteiger partial charge in [-0.25, -0.2) is 8.42 Å². The predicted octanol–water partition coefficient (Wildman–Crippen LogP) is 5.22. The quantitative estimate of drug-likeness (QED) is 0.444. The summed E-state index contributed by atoms with van der Waals surface area (Å²) in [5.74, 6) is 0.00187. The van der Waals surface area contributed by atoms with Gasteiger partial charge in [0.2, 0.25) is 15.9 Å². The van der Waals surface area contributed by atoms with Gasteiger partial charge in [-0.2, -0.15) is 4.31 Å². The number of para-hydroxylation sites is 2. The van der Waals surface area contributed by atoms with Gasteiger partial charge in [-0.05, 0) is 61.0 Å². The van der Waals surface area contributed by atoms with Crippen LogP contribution in [0.4, 0.5) is 5.69 Å². The van der Waals surface area contributed by atoms with Gasteiger partial charge in [0.25, 0.3) is 0 Å². The molecule has 0 aromatic heterocycles. The predicted molar refractivity (Wildman–Crippen MR) is 127 cm³/mol. The van der Waals surface area contributed by atoms with Gasteiger partial charge < -0.3 is 10.1 Å². The average Bonchev–Trinajstić information content (AvgIpc) is 2.75. The van der Waals surface area contributed by atoms with Gasteiger partial charge >= 0.3 is 0 Å². The van der Waals surface area contributed by atoms with Gasteiger partial charge in [0.1, 0.15) is 5.75 Å². The lowest BCUT2D eigenvalue weighted by molar-refractivity contribution is -0.116. The summed E-state index contributed by atoms with van der Waals surface area (Å²) in [6.07, 6.45) is 0. The molecule has 3 rings (SSSR count). The van der Waals surface area contributed by atoms with Crippen LogP contribution in [0, 0.1) is 0 Å². The van der Waals surface area contributed by atoms with Crippen molar-refractivity contribution in [1.29, 1.82) is 0 Å². The Labute approximate surface area is 197 Å². The van der Waals surface area contributed by atoms with Gasteiger partial charge in [0.05, 0.1) is 23.7 Å². The molecule has 0 radical (unpaired) electrons. The molecule has 0 saturated carbocycles. The zero-order chi connectivity index (χ0) is 23.1. The Morgan fingerprint density at radius 3 is 2.38 bits per heavy atom. The summed E-state index contributed by atoms with van der Waals surface area (Å²) >= 11 is 12.0. The van der Waals surface area contributed by atoms with Crippen molar-refractivity contribution >= 4 is 44.8 Å². The normalized spacial score (nSPS) is 11.4. The van der Waals surface area contributed by atoms with Crippen molar-refractivity contribution in [3.63, 3.8) is 0 Å². The number of hydrogen-bond acceptors (Lipinski definition) is 4. The second kappa shape index (κ2) is 10.8. The van der Waals surface area contributed by atoms with E-state index in [1.165, 1.54) is 24.3 Å². The smallest absolute Gasteiger partial charge is 0.243 e. The molecule has 0 aliphatic carbocycles. The summed E-state index contributed by atoms with van der Waals surface area (Å²) in [5, 5.41) is 3.62. The van der Waals surface area contributed by atoms with Crippen molar-refractivity contribution in [2.75, 3.05) is 18.5 Å². The molecule has 3 aromatic carbocycles. The van der Waals surface area contributed by atoms with E-state index in [1.54, 1.807) is 48.5 Å². The van der Waals surface area contributed by atoms with E-state index in [9.17, 15) is 13.2 Å². The van der Waals surface area contributed by atoms with Crippen molar-refractivity contribution in [3.05, 3.63) is 88.4 Å². The largest absolute Gasteiger partial charge is 0.492 e.